The number of nitrogens with one attached hydrogen (secondary N) is 1. The molecule has 0 spiro atoms. The van der Waals surface area contributed by atoms with E-state index in [4.69, 9.17) is 14.6 Å². The third kappa shape index (κ3) is 9.73. The van der Waals surface area contributed by atoms with Gasteiger partial charge in [0.1, 0.15) is 30.8 Å². The lowest BCUT2D eigenvalue weighted by atomic mass is 10.1. The van der Waals surface area contributed by atoms with Gasteiger partial charge in [0.05, 0.1) is 25.8 Å². The molecule has 182 valence electrons. The van der Waals surface area contributed by atoms with E-state index >= 15 is 0 Å². The minimum atomic E-state index is -0.754. The molecule has 3 atom stereocenters. The van der Waals surface area contributed by atoms with E-state index in [1.807, 2.05) is 24.3 Å². The highest BCUT2D eigenvalue weighted by Crippen LogP contribution is 2.23. The van der Waals surface area contributed by atoms with E-state index in [-0.39, 0.29) is 23.7 Å². The first-order chi connectivity index (χ1) is 15.4. The first kappa shape index (κ1) is 26.4. The fourth-order valence-electron chi connectivity index (χ4n) is 3.93. The number of benzene rings is 1. The minimum absolute atomic E-state index is 0.0113. The molecule has 0 bridgehead atoms. The van der Waals surface area contributed by atoms with Crippen LogP contribution in [0.15, 0.2) is 24.3 Å². The van der Waals surface area contributed by atoms with Gasteiger partial charge in [-0.3, -0.25) is 10.1 Å². The summed E-state index contributed by atoms with van der Waals surface area (Å²) in [5.74, 6) is 0.719. The average molecular weight is 453 g/mol. The van der Waals surface area contributed by atoms with Gasteiger partial charge in [-0.05, 0) is 43.5 Å². The number of unbranched alkanes of at least 4 members (excludes halogenated alkanes) is 4. The van der Waals surface area contributed by atoms with Gasteiger partial charge in [-0.25, -0.2) is 0 Å². The Balaban J connectivity index is 1.65. The largest absolute Gasteiger partial charge is 0.632 e. The van der Waals surface area contributed by atoms with E-state index in [1.165, 1.54) is 0 Å². The molecule has 3 N–H and O–H groups in total. The molecular weight excluding hydrogens is 412 g/mol. The molecule has 0 amide bonds. The predicted molar refractivity (Wildman–Crippen MR) is 123 cm³/mol. The molecule has 1 saturated heterocycles. The second-order valence-corrected chi connectivity index (χ2v) is 8.72. The van der Waals surface area contributed by atoms with Crippen molar-refractivity contribution in [1.82, 2.24) is 5.32 Å². The Labute approximate surface area is 191 Å². The highest BCUT2D eigenvalue weighted by Gasteiger charge is 2.34. The zero-order valence-electron chi connectivity index (χ0n) is 19.3. The summed E-state index contributed by atoms with van der Waals surface area (Å²) in [4.78, 5) is 10.6. The molecule has 3 unspecified atom stereocenters. The standard InChI is InChI=1S/C24H40N2O6/c1-2-3-16-31-22-10-12-23(13-11-22)32-18-21(27)14-15-26(30)19-25-17-20(26)8-6-4-5-7-9-24(28)29/h10-13,20-21,25,27H,2-9,14-19H2,1H3,(H,28,29). The fourth-order valence-corrected chi connectivity index (χ4v) is 3.93. The molecule has 1 fully saturated rings. The van der Waals surface area contributed by atoms with Gasteiger partial charge < -0.3 is 29.5 Å². The second kappa shape index (κ2) is 14.3. The lowest BCUT2D eigenvalue weighted by molar-refractivity contribution is -0.893. The van der Waals surface area contributed by atoms with E-state index in [0.717, 1.165) is 44.3 Å². The number of aliphatic carboxylic acids is 1. The van der Waals surface area contributed by atoms with Crippen LogP contribution in [0.5, 0.6) is 11.5 Å². The molecule has 0 radical (unpaired) electrons. The summed E-state index contributed by atoms with van der Waals surface area (Å²) in [5.41, 5.74) is 0. The van der Waals surface area contributed by atoms with Crippen molar-refractivity contribution in [2.75, 3.05) is 33.0 Å². The van der Waals surface area contributed by atoms with Gasteiger partial charge in [-0.1, -0.05) is 26.2 Å². The Bertz CT molecular complexity index is 656. The van der Waals surface area contributed by atoms with Gasteiger partial charge in [0.15, 0.2) is 0 Å². The first-order valence-electron chi connectivity index (χ1n) is 12.0. The number of carboxylic acid groups (broad SMARTS) is 1. The van der Waals surface area contributed by atoms with Crippen molar-refractivity contribution < 1.29 is 29.1 Å². The number of rotatable bonds is 17. The SMILES string of the molecule is CCCCOc1ccc(OCC(O)CC[N+]2([O-])CNCC2CCCCCCC(=O)O)cc1. The van der Waals surface area contributed by atoms with Crippen LogP contribution < -0.4 is 14.8 Å². The van der Waals surface area contributed by atoms with Crippen LogP contribution in [0.4, 0.5) is 0 Å². The van der Waals surface area contributed by atoms with E-state index in [1.54, 1.807) is 0 Å². The number of hydroxylamine groups is 3. The zero-order valence-corrected chi connectivity index (χ0v) is 19.3. The van der Waals surface area contributed by atoms with Crippen LogP contribution in [-0.4, -0.2) is 65.9 Å². The number of aliphatic hydroxyl groups excluding tert-OH is 1. The molecule has 8 nitrogen and oxygen atoms in total. The van der Waals surface area contributed by atoms with Crippen molar-refractivity contribution in [2.45, 2.75) is 76.9 Å². The topological polar surface area (TPSA) is 111 Å². The van der Waals surface area contributed by atoms with Gasteiger partial charge in [-0.15, -0.1) is 0 Å². The van der Waals surface area contributed by atoms with Crippen molar-refractivity contribution in [3.8, 4) is 11.5 Å². The maximum atomic E-state index is 13.2. The summed E-state index contributed by atoms with van der Waals surface area (Å²) in [6, 6.07) is 7.36. The van der Waals surface area contributed by atoms with Gasteiger partial charge >= 0.3 is 5.97 Å². The lowest BCUT2D eigenvalue weighted by Crippen LogP contribution is -2.49. The third-order valence-electron chi connectivity index (χ3n) is 5.98. The van der Waals surface area contributed by atoms with Crippen LogP contribution in [0, 0.1) is 5.21 Å². The Kier molecular flexibility index (Phi) is 11.8. The number of ether oxygens (including phenoxy) is 2. The summed E-state index contributed by atoms with van der Waals surface area (Å²) in [6.07, 6.45) is 6.28. The van der Waals surface area contributed by atoms with Crippen molar-refractivity contribution in [3.63, 3.8) is 0 Å². The van der Waals surface area contributed by atoms with Crippen LogP contribution in [0.1, 0.15) is 64.7 Å². The number of carboxylic acids is 1. The molecule has 1 heterocycles. The maximum Gasteiger partial charge on any atom is 0.303 e. The number of aliphatic hydroxyl groups is 1. The van der Waals surface area contributed by atoms with E-state index in [9.17, 15) is 15.1 Å². The van der Waals surface area contributed by atoms with Gasteiger partial charge in [0, 0.05) is 19.3 Å². The molecule has 0 saturated carbocycles. The summed E-state index contributed by atoms with van der Waals surface area (Å²) in [5, 5.41) is 35.4. The van der Waals surface area contributed by atoms with Crippen LogP contribution >= 0.6 is 0 Å². The Morgan fingerprint density at radius 3 is 2.53 bits per heavy atom. The molecule has 2 rings (SSSR count). The number of nitrogens with zero attached hydrogens (tertiary/aromatic N) is 1. The molecular formula is C24H40N2O6. The summed E-state index contributed by atoms with van der Waals surface area (Å²) in [7, 11) is 0. The predicted octanol–water partition coefficient (Wildman–Crippen LogP) is 3.66. The second-order valence-electron chi connectivity index (χ2n) is 8.72. The number of hydrogen-bond donors (Lipinski definition) is 3. The van der Waals surface area contributed by atoms with Crippen molar-refractivity contribution in [1.29, 1.82) is 0 Å². The van der Waals surface area contributed by atoms with Crippen LogP contribution in [0.25, 0.3) is 0 Å². The third-order valence-corrected chi connectivity index (χ3v) is 5.98. The maximum absolute atomic E-state index is 13.2. The summed E-state index contributed by atoms with van der Waals surface area (Å²) >= 11 is 0. The molecule has 1 aromatic carbocycles. The number of quaternary nitrogens is 1. The van der Waals surface area contributed by atoms with Gasteiger partial charge in [-0.2, -0.15) is 0 Å². The highest BCUT2D eigenvalue weighted by atomic mass is 16.6. The molecule has 1 aliphatic rings. The zero-order chi connectivity index (χ0) is 23.2. The van der Waals surface area contributed by atoms with Crippen LogP contribution in [-0.2, 0) is 4.79 Å². The van der Waals surface area contributed by atoms with Crippen molar-refractivity contribution >= 4 is 5.97 Å². The number of carbonyl (C=O) groups is 1. The monoisotopic (exact) mass is 452 g/mol. The lowest BCUT2D eigenvalue weighted by Gasteiger charge is -2.43. The van der Waals surface area contributed by atoms with Gasteiger partial charge in [0.2, 0.25) is 0 Å². The quantitative estimate of drug-likeness (QED) is 0.188. The Hall–Kier alpha value is -1.87. The fraction of sp³-hybridized carbons (Fsp3) is 0.708. The normalized spacial score (nSPS) is 21.4. The Morgan fingerprint density at radius 2 is 1.84 bits per heavy atom. The van der Waals surface area contributed by atoms with Crippen LogP contribution in [0.3, 0.4) is 0 Å². The summed E-state index contributed by atoms with van der Waals surface area (Å²) < 4.78 is 11.0. The highest BCUT2D eigenvalue weighted by molar-refractivity contribution is 5.66. The van der Waals surface area contributed by atoms with Gasteiger partial charge in [0.25, 0.3) is 0 Å². The van der Waals surface area contributed by atoms with E-state index < -0.39 is 12.1 Å². The molecule has 32 heavy (non-hydrogen) atoms. The minimum Gasteiger partial charge on any atom is -0.632 e. The van der Waals surface area contributed by atoms with E-state index in [2.05, 4.69) is 12.2 Å². The van der Waals surface area contributed by atoms with Crippen molar-refractivity contribution in [2.24, 2.45) is 0 Å². The number of hydrogen-bond acceptors (Lipinski definition) is 6. The average Bonchev–Trinajstić information content (AvgIpc) is 3.14. The van der Waals surface area contributed by atoms with E-state index in [0.29, 0.717) is 45.0 Å². The van der Waals surface area contributed by atoms with Crippen LogP contribution in [0.2, 0.25) is 0 Å². The Morgan fingerprint density at radius 1 is 1.16 bits per heavy atom. The first-order valence-corrected chi connectivity index (χ1v) is 12.0. The molecule has 1 aromatic rings. The molecule has 8 heteroatoms. The molecule has 0 aromatic heterocycles. The molecule has 1 aliphatic heterocycles. The smallest absolute Gasteiger partial charge is 0.303 e. The summed E-state index contributed by atoms with van der Waals surface area (Å²) in [6.45, 7) is 4.39. The molecule has 0 aliphatic carbocycles. The van der Waals surface area contributed by atoms with Crippen molar-refractivity contribution in [3.05, 3.63) is 29.5 Å².